The minimum atomic E-state index is -0.206. The zero-order valence-electron chi connectivity index (χ0n) is 13.0. The van der Waals surface area contributed by atoms with Gasteiger partial charge < -0.3 is 4.74 Å². The molecule has 0 N–H and O–H groups in total. The van der Waals surface area contributed by atoms with Crippen LogP contribution in [0.3, 0.4) is 0 Å². The topological polar surface area (TPSA) is 25.4 Å². The average Bonchev–Trinajstić information content (AvgIpc) is 3.04. The molecule has 2 heterocycles. The van der Waals surface area contributed by atoms with E-state index in [1.165, 1.54) is 11.3 Å². The number of nitrogens with zero attached hydrogens (tertiary/aromatic N) is 2. The number of morpholine rings is 1. The van der Waals surface area contributed by atoms with Crippen LogP contribution in [0.25, 0.3) is 21.3 Å². The van der Waals surface area contributed by atoms with Gasteiger partial charge in [-0.2, -0.15) is 0 Å². The zero-order valence-corrected chi connectivity index (χ0v) is 14.5. The standard InChI is InChI=1S/C18H16ClFN2OS/c19-14-3-1-2-12(8-14)16-17(20)13(9-15-18(16)21-11-24-15)10-22-4-6-23-7-5-22/h1-3,8-9,11H,4-7,10H2. The number of halogens is 2. The van der Waals surface area contributed by atoms with Crippen molar-refractivity contribution in [2.45, 2.75) is 6.54 Å². The lowest BCUT2D eigenvalue weighted by Gasteiger charge is -2.27. The van der Waals surface area contributed by atoms with Crippen molar-refractivity contribution < 1.29 is 9.13 Å². The Kier molecular flexibility index (Phi) is 4.50. The SMILES string of the molecule is Fc1c(CN2CCOCC2)cc2scnc2c1-c1cccc(Cl)c1. The summed E-state index contributed by atoms with van der Waals surface area (Å²) in [5, 5.41) is 0.592. The van der Waals surface area contributed by atoms with Crippen LogP contribution in [0.2, 0.25) is 5.02 Å². The second-order valence-electron chi connectivity index (χ2n) is 5.82. The lowest BCUT2D eigenvalue weighted by molar-refractivity contribution is 0.0337. The minimum Gasteiger partial charge on any atom is -0.379 e. The molecule has 0 bridgehead atoms. The van der Waals surface area contributed by atoms with E-state index in [0.717, 1.165) is 23.4 Å². The Hall–Kier alpha value is -1.53. The van der Waals surface area contributed by atoms with Crippen LogP contribution in [0.15, 0.2) is 35.8 Å². The molecule has 3 nitrogen and oxygen atoms in total. The lowest BCUT2D eigenvalue weighted by atomic mass is 10.00. The number of aromatic nitrogens is 1. The molecule has 0 spiro atoms. The first-order valence-corrected chi connectivity index (χ1v) is 9.09. The molecule has 1 fully saturated rings. The molecule has 1 aliphatic rings. The molecule has 0 amide bonds. The minimum absolute atomic E-state index is 0.206. The molecule has 3 aromatic rings. The summed E-state index contributed by atoms with van der Waals surface area (Å²) in [5.74, 6) is -0.206. The maximum Gasteiger partial charge on any atom is 0.137 e. The van der Waals surface area contributed by atoms with E-state index in [4.69, 9.17) is 16.3 Å². The maximum atomic E-state index is 15.3. The second-order valence-corrected chi connectivity index (χ2v) is 7.15. The van der Waals surface area contributed by atoms with Crippen LogP contribution in [0, 0.1) is 5.82 Å². The van der Waals surface area contributed by atoms with Crippen LogP contribution in [-0.4, -0.2) is 36.2 Å². The van der Waals surface area contributed by atoms with Gasteiger partial charge in [-0.15, -0.1) is 11.3 Å². The van der Waals surface area contributed by atoms with Crippen LogP contribution < -0.4 is 0 Å². The predicted octanol–water partition coefficient (Wildman–Crippen LogP) is 4.59. The first kappa shape index (κ1) is 16.0. The predicted molar refractivity (Wildman–Crippen MR) is 96.1 cm³/mol. The molecule has 4 rings (SSSR count). The van der Waals surface area contributed by atoms with Crippen molar-refractivity contribution in [1.82, 2.24) is 9.88 Å². The number of rotatable bonds is 3. The molecule has 124 valence electrons. The smallest absolute Gasteiger partial charge is 0.137 e. The normalized spacial score (nSPS) is 15.9. The summed E-state index contributed by atoms with van der Waals surface area (Å²) in [4.78, 5) is 6.59. The van der Waals surface area contributed by atoms with Crippen molar-refractivity contribution in [2.24, 2.45) is 0 Å². The van der Waals surface area contributed by atoms with Crippen LogP contribution in [0.5, 0.6) is 0 Å². The third-order valence-electron chi connectivity index (χ3n) is 4.25. The van der Waals surface area contributed by atoms with Gasteiger partial charge in [0.1, 0.15) is 5.82 Å². The van der Waals surface area contributed by atoms with E-state index in [1.807, 2.05) is 18.2 Å². The van der Waals surface area contributed by atoms with E-state index >= 15 is 4.39 Å². The summed E-state index contributed by atoms with van der Waals surface area (Å²) in [5.41, 5.74) is 4.46. The van der Waals surface area contributed by atoms with Gasteiger partial charge in [-0.05, 0) is 23.8 Å². The van der Waals surface area contributed by atoms with Crippen molar-refractivity contribution in [3.05, 3.63) is 52.2 Å². The molecule has 1 saturated heterocycles. The first-order valence-electron chi connectivity index (χ1n) is 7.83. The number of fused-ring (bicyclic) bond motifs is 1. The van der Waals surface area contributed by atoms with Crippen molar-refractivity contribution in [3.8, 4) is 11.1 Å². The number of hydrogen-bond donors (Lipinski definition) is 0. The molecule has 0 saturated carbocycles. The molecular formula is C18H16ClFN2OS. The largest absolute Gasteiger partial charge is 0.379 e. The van der Waals surface area contributed by atoms with Crippen molar-refractivity contribution >= 4 is 33.2 Å². The number of ether oxygens (including phenoxy) is 1. The monoisotopic (exact) mass is 362 g/mol. The highest BCUT2D eigenvalue weighted by atomic mass is 35.5. The molecule has 0 aliphatic carbocycles. The first-order chi connectivity index (χ1) is 11.7. The average molecular weight is 363 g/mol. The Morgan fingerprint density at radius 3 is 2.88 bits per heavy atom. The van der Waals surface area contributed by atoms with Gasteiger partial charge in [-0.3, -0.25) is 4.90 Å². The Balaban J connectivity index is 1.82. The van der Waals surface area contributed by atoms with Gasteiger partial charge in [0.05, 0.1) is 28.9 Å². The summed E-state index contributed by atoms with van der Waals surface area (Å²) in [7, 11) is 0. The summed E-state index contributed by atoms with van der Waals surface area (Å²) in [6.07, 6.45) is 0. The summed E-state index contributed by atoms with van der Waals surface area (Å²) >= 11 is 7.64. The number of benzene rings is 2. The van der Waals surface area contributed by atoms with E-state index in [-0.39, 0.29) is 5.82 Å². The highest BCUT2D eigenvalue weighted by Gasteiger charge is 2.20. The van der Waals surface area contributed by atoms with Crippen LogP contribution in [-0.2, 0) is 11.3 Å². The number of hydrogen-bond acceptors (Lipinski definition) is 4. The van der Waals surface area contributed by atoms with Crippen molar-refractivity contribution in [3.63, 3.8) is 0 Å². The Labute approximate surface area is 148 Å². The fourth-order valence-electron chi connectivity index (χ4n) is 3.05. The van der Waals surface area contributed by atoms with Gasteiger partial charge in [-0.25, -0.2) is 9.37 Å². The highest BCUT2D eigenvalue weighted by molar-refractivity contribution is 7.16. The van der Waals surface area contributed by atoms with Crippen LogP contribution >= 0.6 is 22.9 Å². The van der Waals surface area contributed by atoms with Gasteiger partial charge in [0.15, 0.2) is 0 Å². The molecule has 6 heteroatoms. The van der Waals surface area contributed by atoms with E-state index < -0.39 is 0 Å². The highest BCUT2D eigenvalue weighted by Crippen LogP contribution is 2.36. The van der Waals surface area contributed by atoms with Gasteiger partial charge >= 0.3 is 0 Å². The quantitative estimate of drug-likeness (QED) is 0.681. The second kappa shape index (κ2) is 6.76. The van der Waals surface area contributed by atoms with E-state index in [0.29, 0.717) is 41.4 Å². The molecule has 0 unspecified atom stereocenters. The van der Waals surface area contributed by atoms with Gasteiger partial charge in [-0.1, -0.05) is 23.7 Å². The van der Waals surface area contributed by atoms with Gasteiger partial charge in [0.2, 0.25) is 0 Å². The molecule has 24 heavy (non-hydrogen) atoms. The molecule has 1 aromatic heterocycles. The zero-order chi connectivity index (χ0) is 16.5. The van der Waals surface area contributed by atoms with E-state index in [1.54, 1.807) is 17.6 Å². The number of thiazole rings is 1. The summed E-state index contributed by atoms with van der Waals surface area (Å²) in [6, 6.07) is 9.22. The summed E-state index contributed by atoms with van der Waals surface area (Å²) < 4.78 is 21.7. The van der Waals surface area contributed by atoms with E-state index in [9.17, 15) is 0 Å². The maximum absolute atomic E-state index is 15.3. The van der Waals surface area contributed by atoms with Crippen LogP contribution in [0.4, 0.5) is 4.39 Å². The fourth-order valence-corrected chi connectivity index (χ4v) is 3.99. The third-order valence-corrected chi connectivity index (χ3v) is 5.26. The molecule has 0 radical (unpaired) electrons. The summed E-state index contributed by atoms with van der Waals surface area (Å²) in [6.45, 7) is 3.63. The fraction of sp³-hybridized carbons (Fsp3) is 0.278. The Morgan fingerprint density at radius 2 is 2.08 bits per heavy atom. The van der Waals surface area contributed by atoms with Crippen LogP contribution in [0.1, 0.15) is 5.56 Å². The molecular weight excluding hydrogens is 347 g/mol. The van der Waals surface area contributed by atoms with Crippen molar-refractivity contribution in [2.75, 3.05) is 26.3 Å². The molecule has 2 aromatic carbocycles. The van der Waals surface area contributed by atoms with E-state index in [2.05, 4.69) is 9.88 Å². The molecule has 1 aliphatic heterocycles. The van der Waals surface area contributed by atoms with Crippen molar-refractivity contribution in [1.29, 1.82) is 0 Å². The Morgan fingerprint density at radius 1 is 1.25 bits per heavy atom. The van der Waals surface area contributed by atoms with Gasteiger partial charge in [0.25, 0.3) is 0 Å². The molecule has 0 atom stereocenters. The van der Waals surface area contributed by atoms with Gasteiger partial charge in [0, 0.05) is 35.8 Å². The Bertz CT molecular complexity index is 877. The third kappa shape index (κ3) is 3.05. The lowest BCUT2D eigenvalue weighted by Crippen LogP contribution is -2.35.